The van der Waals surface area contributed by atoms with Crippen LogP contribution < -0.4 is 20.7 Å². The summed E-state index contributed by atoms with van der Waals surface area (Å²) in [4.78, 5) is 96.2. The molecule has 10 N–H and O–H groups in total. The molecule has 536 valence electrons. The number of anilines is 3. The summed E-state index contributed by atoms with van der Waals surface area (Å²) >= 11 is 6.24. The van der Waals surface area contributed by atoms with Crippen molar-refractivity contribution >= 4 is 99.0 Å². The molecule has 11 heterocycles. The van der Waals surface area contributed by atoms with Gasteiger partial charge >= 0.3 is 21.1 Å². The van der Waals surface area contributed by atoms with E-state index in [0.717, 1.165) is 62.1 Å². The van der Waals surface area contributed by atoms with E-state index in [9.17, 15) is 23.6 Å². The van der Waals surface area contributed by atoms with Gasteiger partial charge in [-0.2, -0.15) is 12.1 Å². The standard InChI is InChI=1S/C18H15N7OS.C18H14N6OS2.C17H14N8OS.C9H9N5OS.C7H6FO.W/c26-15(22-17-20-10-14(21-17)12-5-2-1-3-6-12)11-27-18-23-16(24-25-18)13-7-4-8-19-9-13;25-15(21-17-20-14(10-26-17)12-5-2-1-3-6-12)11-27-18-22-16(23-24-18)13-7-4-8-19-9-13;26-13(19-16-20-14(22-24-16)11-5-2-1-3-6-11)10-27-17-21-15(23-25-17)12-7-4-8-18-9-12;10-7(15)5-16-9-12-8(13-14-9)6-2-1-3-11-4-6;1-9-7-4-2-3-6(8)5-7;/h1-10H,11H2,(H,23,24,25)(H2,20,21,22,26);1-10H,11H2,(H,20,21,25)(H,22,23,24);1-9H,10H2,(H,21,23,25)(H2,19,20,22,24,26);1-4H,5H2,(H3,10,12,13,14,15);2-5H,1H2;/q;;;;-1;+2/p-1. The number of hydrogen-bond donors (Lipinski definition) is 9. The molecule has 0 saturated carbocycles. The Morgan fingerprint density at radius 2 is 0.860 bits per heavy atom. The number of amides is 4. The molecule has 0 bridgehead atoms. The zero-order valence-corrected chi connectivity index (χ0v) is 62.4. The number of halogens is 1. The number of aromatic amines is 6. The van der Waals surface area contributed by atoms with Gasteiger partial charge in [0.1, 0.15) is 5.82 Å². The Kier molecular flexibility index (Phi) is 29.4. The number of rotatable bonds is 23. The first-order valence-electron chi connectivity index (χ1n) is 31.1. The fourth-order valence-electron chi connectivity index (χ4n) is 8.60. The van der Waals surface area contributed by atoms with Gasteiger partial charge in [0.25, 0.3) is 0 Å². The predicted molar refractivity (Wildman–Crippen MR) is 402 cm³/mol. The normalized spacial score (nSPS) is 10.4. The summed E-state index contributed by atoms with van der Waals surface area (Å²) in [7, 11) is 3.13. The first kappa shape index (κ1) is 77.3. The van der Waals surface area contributed by atoms with Crippen LogP contribution in [0, 0.1) is 12.9 Å². The van der Waals surface area contributed by atoms with E-state index in [1.54, 1.807) is 74.0 Å². The third kappa shape index (κ3) is 24.7. The van der Waals surface area contributed by atoms with Crippen molar-refractivity contribution in [3.05, 3.63) is 244 Å². The van der Waals surface area contributed by atoms with E-state index in [1.807, 2.05) is 139 Å². The number of benzene rings is 4. The first-order chi connectivity index (χ1) is 51.9. The van der Waals surface area contributed by atoms with Crippen LogP contribution in [0.4, 0.5) is 21.4 Å². The van der Waals surface area contributed by atoms with Crippen LogP contribution in [0.15, 0.2) is 246 Å². The Balaban J connectivity index is 0.000000148. The maximum absolute atomic E-state index is 12.2. The molecule has 4 amide bonds. The molecular weight excluding hydrogens is 1640 g/mol. The van der Waals surface area contributed by atoms with Crippen LogP contribution in [0.25, 0.3) is 85.2 Å². The number of pyridine rings is 4. The molecule has 0 aliphatic carbocycles. The average Bonchev–Trinajstić information content (AvgIpc) is 1.77. The molecule has 0 spiro atoms. The number of nitrogens with one attached hydrogen (secondary N) is 10. The Hall–Kier alpha value is -12.3. The van der Waals surface area contributed by atoms with E-state index in [4.69, 9.17) is 5.73 Å². The molecule has 0 atom stereocenters. The SMILES string of the molecule is O=C(CSc1n[nH]c(-c2cccnc2)n1)Nc1n[nH]c(-c2ccccc2)n1.O=C(CSc1n[nH]c(-c2cccnc2)n1)Nc1nc(-c2ccccc2)cs1.O=C(CSc1n[nH]c(-c2cccnc2)n1)Nc1ncc(-c2ccccc2)[nH]1.[CH2-]Oc1cccc(F)c1.[NH-]C(=O)CSc1n[nH]c(-c2cccnc2)n1.[W+2]. The van der Waals surface area contributed by atoms with Crippen LogP contribution in [0.2, 0.25) is 0 Å². The van der Waals surface area contributed by atoms with E-state index in [1.165, 1.54) is 58.8 Å². The Bertz CT molecular complexity index is 4800. The molecule has 0 aliphatic rings. The van der Waals surface area contributed by atoms with Crippen molar-refractivity contribution in [1.29, 1.82) is 0 Å². The minimum Gasteiger partial charge on any atom is -0.667 e. The molecule has 4 aromatic carbocycles. The summed E-state index contributed by atoms with van der Waals surface area (Å²) in [5.41, 5.74) is 14.7. The van der Waals surface area contributed by atoms with Gasteiger partial charge in [-0.1, -0.05) is 144 Å². The number of H-pyrrole nitrogens is 6. The first-order valence-corrected chi connectivity index (χ1v) is 36.0. The topological polar surface area (TPSA) is 438 Å². The second-order valence-electron chi connectivity index (χ2n) is 20.9. The Morgan fingerprint density at radius 3 is 1.29 bits per heavy atom. The Morgan fingerprint density at radius 1 is 0.449 bits per heavy atom. The van der Waals surface area contributed by atoms with Gasteiger partial charge in [-0.3, -0.25) is 70.4 Å². The Labute approximate surface area is 643 Å². The number of carbonyl (C=O) groups is 4. The zero-order valence-electron chi connectivity index (χ0n) is 55.4. The van der Waals surface area contributed by atoms with Gasteiger partial charge in [-0.05, 0) is 66.2 Å². The maximum Gasteiger partial charge on any atom is 2.00 e. The van der Waals surface area contributed by atoms with E-state index in [0.29, 0.717) is 66.6 Å². The smallest absolute Gasteiger partial charge is 0.667 e. The average molecular weight is 1690 g/mol. The fourth-order valence-corrected chi connectivity index (χ4v) is 11.7. The number of ether oxygens (including phenoxy) is 1. The fraction of sp³-hybridized carbons (Fsp3) is 0.0580. The zero-order chi connectivity index (χ0) is 73.5. The molecule has 0 radical (unpaired) electrons. The molecule has 11 aromatic heterocycles. The number of carbonyl (C=O) groups excluding carboxylic acids is 4. The largest absolute Gasteiger partial charge is 2.00 e. The quantitative estimate of drug-likeness (QED) is 0.0212. The summed E-state index contributed by atoms with van der Waals surface area (Å²) in [6, 6.07) is 49.8. The van der Waals surface area contributed by atoms with Crippen LogP contribution in [0.1, 0.15) is 0 Å². The number of nitrogens with zero attached hydrogens (tertiary/aromatic N) is 16. The van der Waals surface area contributed by atoms with E-state index in [-0.39, 0.29) is 73.6 Å². The second kappa shape index (κ2) is 40.7. The number of thioether (sulfide) groups is 4. The van der Waals surface area contributed by atoms with Crippen molar-refractivity contribution in [2.24, 2.45) is 0 Å². The van der Waals surface area contributed by atoms with Gasteiger partial charge < -0.3 is 25.6 Å². The van der Waals surface area contributed by atoms with Crippen LogP contribution in [-0.2, 0) is 40.2 Å². The molecular formula is C69H57FN26O5S5W. The summed E-state index contributed by atoms with van der Waals surface area (Å²) in [5.74, 6) is 3.15. The molecule has 38 heteroatoms. The van der Waals surface area contributed by atoms with Gasteiger partial charge in [0.05, 0.1) is 46.5 Å². The number of hydrogen-bond acceptors (Lipinski definition) is 26. The minimum atomic E-state index is -0.641. The van der Waals surface area contributed by atoms with E-state index in [2.05, 4.69) is 139 Å². The van der Waals surface area contributed by atoms with E-state index >= 15 is 0 Å². The summed E-state index contributed by atoms with van der Waals surface area (Å²) in [6.07, 6.45) is 15.2. The maximum atomic E-state index is 12.2. The van der Waals surface area contributed by atoms with Gasteiger partial charge in [-0.15, -0.1) is 36.8 Å². The van der Waals surface area contributed by atoms with Crippen molar-refractivity contribution in [3.63, 3.8) is 0 Å². The van der Waals surface area contributed by atoms with Crippen molar-refractivity contribution < 1.29 is 49.4 Å². The van der Waals surface area contributed by atoms with Crippen LogP contribution >= 0.6 is 58.4 Å². The predicted octanol–water partition coefficient (Wildman–Crippen LogP) is 12.6. The third-order valence-electron chi connectivity index (χ3n) is 13.4. The van der Waals surface area contributed by atoms with E-state index < -0.39 is 5.91 Å². The van der Waals surface area contributed by atoms with Crippen molar-refractivity contribution in [2.45, 2.75) is 20.6 Å². The number of imidazole rings is 1. The van der Waals surface area contributed by atoms with Gasteiger partial charge in [0.15, 0.2) is 34.3 Å². The molecule has 0 saturated heterocycles. The van der Waals surface area contributed by atoms with Gasteiger partial charge in [0.2, 0.25) is 50.2 Å². The number of thiazole rings is 1. The summed E-state index contributed by atoms with van der Waals surface area (Å²) in [5, 5.41) is 47.0. The molecule has 0 aliphatic heterocycles. The minimum absolute atomic E-state index is 0. The molecule has 31 nitrogen and oxygen atoms in total. The third-order valence-corrected chi connectivity index (χ3v) is 17.6. The van der Waals surface area contributed by atoms with Crippen molar-refractivity contribution in [3.8, 4) is 85.2 Å². The molecule has 0 fully saturated rings. The second-order valence-corrected chi connectivity index (χ2v) is 25.6. The molecule has 0 unspecified atom stereocenters. The van der Waals surface area contributed by atoms with Gasteiger partial charge in [-0.25, -0.2) is 34.3 Å². The number of aromatic nitrogens is 22. The molecule has 15 rings (SSSR count). The summed E-state index contributed by atoms with van der Waals surface area (Å²) < 4.78 is 16.8. The monoisotopic (exact) mass is 1690 g/mol. The van der Waals surface area contributed by atoms with Crippen LogP contribution in [0.3, 0.4) is 0 Å². The van der Waals surface area contributed by atoms with Crippen LogP contribution in [-0.4, -0.2) is 157 Å². The van der Waals surface area contributed by atoms with Crippen molar-refractivity contribution in [2.75, 3.05) is 39.0 Å². The summed E-state index contributed by atoms with van der Waals surface area (Å²) in [6.45, 7) is 0. The molecule has 107 heavy (non-hydrogen) atoms. The molecule has 15 aromatic rings. The van der Waals surface area contributed by atoms with Crippen LogP contribution in [0.5, 0.6) is 5.75 Å². The van der Waals surface area contributed by atoms with Crippen molar-refractivity contribution in [1.82, 2.24) is 111 Å². The van der Waals surface area contributed by atoms with Gasteiger partial charge in [0, 0.05) is 100 Å².